The highest BCUT2D eigenvalue weighted by Gasteiger charge is 2.20. The Balaban J connectivity index is 1.33. The van der Waals surface area contributed by atoms with Gasteiger partial charge in [-0.3, -0.25) is 9.88 Å². The van der Waals surface area contributed by atoms with Crippen molar-refractivity contribution < 1.29 is 0 Å². The van der Waals surface area contributed by atoms with Gasteiger partial charge in [-0.25, -0.2) is 0 Å². The third-order valence-corrected chi connectivity index (χ3v) is 5.63. The van der Waals surface area contributed by atoms with Crippen LogP contribution in [-0.2, 0) is 19.5 Å². The lowest BCUT2D eigenvalue weighted by Crippen LogP contribution is -2.29. The standard InChI is InChI=1S/C22H29N3/c1-2-14-25(15-3-1)17-19-11-9-18(10-12-19)16-24-21-8-4-6-20-7-5-13-23-22(20)21/h5,7,9-13,21,24H,1-4,6,8,14-17H2. The predicted molar refractivity (Wildman–Crippen MR) is 102 cm³/mol. The molecule has 0 radical (unpaired) electrons. The maximum Gasteiger partial charge on any atom is 0.0605 e. The number of hydrogen-bond acceptors (Lipinski definition) is 3. The van der Waals surface area contributed by atoms with Crippen LogP contribution in [0, 0.1) is 0 Å². The summed E-state index contributed by atoms with van der Waals surface area (Å²) in [5.74, 6) is 0. The van der Waals surface area contributed by atoms with Crippen LogP contribution in [0.5, 0.6) is 0 Å². The Kier molecular flexibility index (Phi) is 5.43. The number of aryl methyl sites for hydroxylation is 1. The number of nitrogens with one attached hydrogen (secondary N) is 1. The average molecular weight is 335 g/mol. The van der Waals surface area contributed by atoms with E-state index in [1.165, 1.54) is 74.0 Å². The Hall–Kier alpha value is -1.71. The second-order valence-corrected chi connectivity index (χ2v) is 7.53. The Morgan fingerprint density at radius 3 is 2.60 bits per heavy atom. The first kappa shape index (κ1) is 16.7. The lowest BCUT2D eigenvalue weighted by molar-refractivity contribution is 0.221. The second-order valence-electron chi connectivity index (χ2n) is 7.53. The van der Waals surface area contributed by atoms with Crippen molar-refractivity contribution in [3.8, 4) is 0 Å². The van der Waals surface area contributed by atoms with Crippen LogP contribution >= 0.6 is 0 Å². The molecular formula is C22H29N3. The van der Waals surface area contributed by atoms with Gasteiger partial charge in [0, 0.05) is 19.3 Å². The van der Waals surface area contributed by atoms with Crippen LogP contribution in [0.2, 0.25) is 0 Å². The number of piperidine rings is 1. The summed E-state index contributed by atoms with van der Waals surface area (Å²) in [6, 6.07) is 13.9. The zero-order valence-corrected chi connectivity index (χ0v) is 15.1. The largest absolute Gasteiger partial charge is 0.305 e. The van der Waals surface area contributed by atoms with Gasteiger partial charge in [0.2, 0.25) is 0 Å². The lowest BCUT2D eigenvalue weighted by atomic mass is 9.92. The molecule has 4 rings (SSSR count). The molecule has 1 fully saturated rings. The predicted octanol–water partition coefficient (Wildman–Crippen LogP) is 4.23. The van der Waals surface area contributed by atoms with Crippen LogP contribution in [-0.4, -0.2) is 23.0 Å². The van der Waals surface area contributed by atoms with E-state index in [1.807, 2.05) is 6.20 Å². The summed E-state index contributed by atoms with van der Waals surface area (Å²) in [7, 11) is 0. The highest BCUT2D eigenvalue weighted by Crippen LogP contribution is 2.27. The van der Waals surface area contributed by atoms with Gasteiger partial charge in [-0.05, 0) is 68.0 Å². The fraction of sp³-hybridized carbons (Fsp3) is 0.500. The fourth-order valence-corrected chi connectivity index (χ4v) is 4.19. The van der Waals surface area contributed by atoms with Crippen molar-refractivity contribution in [1.82, 2.24) is 15.2 Å². The molecular weight excluding hydrogens is 306 g/mol. The molecule has 0 amide bonds. The number of likely N-dealkylation sites (tertiary alicyclic amines) is 1. The van der Waals surface area contributed by atoms with Crippen LogP contribution in [0.3, 0.4) is 0 Å². The molecule has 2 aliphatic rings. The van der Waals surface area contributed by atoms with E-state index in [0.717, 1.165) is 13.1 Å². The van der Waals surface area contributed by atoms with Crippen molar-refractivity contribution in [3.05, 3.63) is 65.0 Å². The van der Waals surface area contributed by atoms with Crippen molar-refractivity contribution in [1.29, 1.82) is 0 Å². The normalized spacial score (nSPS) is 21.0. The molecule has 1 aliphatic heterocycles. The van der Waals surface area contributed by atoms with E-state index >= 15 is 0 Å². The van der Waals surface area contributed by atoms with Crippen LogP contribution in [0.4, 0.5) is 0 Å². The summed E-state index contributed by atoms with van der Waals surface area (Å²) in [6.07, 6.45) is 9.67. The van der Waals surface area contributed by atoms with E-state index in [4.69, 9.17) is 0 Å². The Labute approximate surface area is 151 Å². The van der Waals surface area contributed by atoms with E-state index in [1.54, 1.807) is 0 Å². The Morgan fingerprint density at radius 1 is 0.960 bits per heavy atom. The highest BCUT2D eigenvalue weighted by atomic mass is 15.1. The summed E-state index contributed by atoms with van der Waals surface area (Å²) >= 11 is 0. The molecule has 0 spiro atoms. The topological polar surface area (TPSA) is 28.2 Å². The quantitative estimate of drug-likeness (QED) is 0.886. The molecule has 2 aromatic rings. The maximum absolute atomic E-state index is 4.62. The van der Waals surface area contributed by atoms with Crippen LogP contribution in [0.25, 0.3) is 0 Å². The average Bonchev–Trinajstić information content (AvgIpc) is 2.68. The third kappa shape index (κ3) is 4.28. The molecule has 1 atom stereocenters. The molecule has 1 aliphatic carbocycles. The van der Waals surface area contributed by atoms with Crippen molar-refractivity contribution in [2.45, 2.75) is 57.7 Å². The van der Waals surface area contributed by atoms with Gasteiger partial charge < -0.3 is 5.32 Å². The van der Waals surface area contributed by atoms with E-state index in [2.05, 4.69) is 51.6 Å². The molecule has 1 saturated heterocycles. The number of fused-ring (bicyclic) bond motifs is 1. The highest BCUT2D eigenvalue weighted by molar-refractivity contribution is 5.26. The van der Waals surface area contributed by atoms with Gasteiger partial charge in [0.25, 0.3) is 0 Å². The van der Waals surface area contributed by atoms with Gasteiger partial charge in [0.1, 0.15) is 0 Å². The fourth-order valence-electron chi connectivity index (χ4n) is 4.19. The third-order valence-electron chi connectivity index (χ3n) is 5.63. The molecule has 25 heavy (non-hydrogen) atoms. The molecule has 1 N–H and O–H groups in total. The van der Waals surface area contributed by atoms with Gasteiger partial charge in [-0.2, -0.15) is 0 Å². The van der Waals surface area contributed by atoms with Crippen molar-refractivity contribution in [3.63, 3.8) is 0 Å². The summed E-state index contributed by atoms with van der Waals surface area (Å²) in [5, 5.41) is 3.72. The summed E-state index contributed by atoms with van der Waals surface area (Å²) < 4.78 is 0. The Morgan fingerprint density at radius 2 is 1.76 bits per heavy atom. The minimum Gasteiger partial charge on any atom is -0.305 e. The SMILES string of the molecule is c1cnc2c(c1)CCCC2NCc1ccc(CN2CCCCC2)cc1. The summed E-state index contributed by atoms with van der Waals surface area (Å²) in [6.45, 7) is 4.55. The summed E-state index contributed by atoms with van der Waals surface area (Å²) in [5.41, 5.74) is 5.49. The monoisotopic (exact) mass is 335 g/mol. The van der Waals surface area contributed by atoms with Gasteiger partial charge in [-0.1, -0.05) is 36.8 Å². The molecule has 132 valence electrons. The number of aromatic nitrogens is 1. The van der Waals surface area contributed by atoms with Crippen molar-refractivity contribution in [2.24, 2.45) is 0 Å². The molecule has 1 aromatic heterocycles. The molecule has 0 bridgehead atoms. The molecule has 2 heterocycles. The number of hydrogen-bond donors (Lipinski definition) is 1. The minimum atomic E-state index is 0.401. The van der Waals surface area contributed by atoms with E-state index < -0.39 is 0 Å². The van der Waals surface area contributed by atoms with E-state index in [-0.39, 0.29) is 0 Å². The molecule has 0 saturated carbocycles. The van der Waals surface area contributed by atoms with E-state index in [0.29, 0.717) is 6.04 Å². The number of rotatable bonds is 5. The van der Waals surface area contributed by atoms with Gasteiger partial charge >= 0.3 is 0 Å². The zero-order valence-electron chi connectivity index (χ0n) is 15.1. The summed E-state index contributed by atoms with van der Waals surface area (Å²) in [4.78, 5) is 7.21. The van der Waals surface area contributed by atoms with Gasteiger partial charge in [-0.15, -0.1) is 0 Å². The van der Waals surface area contributed by atoms with Crippen LogP contribution < -0.4 is 5.32 Å². The van der Waals surface area contributed by atoms with Crippen LogP contribution in [0.15, 0.2) is 42.6 Å². The zero-order chi connectivity index (χ0) is 16.9. The first-order valence-corrected chi connectivity index (χ1v) is 9.86. The maximum atomic E-state index is 4.62. The van der Waals surface area contributed by atoms with Crippen LogP contribution in [0.1, 0.15) is 60.5 Å². The lowest BCUT2D eigenvalue weighted by Gasteiger charge is -2.26. The number of nitrogens with zero attached hydrogens (tertiary/aromatic N) is 2. The minimum absolute atomic E-state index is 0.401. The number of benzene rings is 1. The molecule has 3 heteroatoms. The van der Waals surface area contributed by atoms with Gasteiger partial charge in [0.05, 0.1) is 11.7 Å². The molecule has 1 aromatic carbocycles. The van der Waals surface area contributed by atoms with Gasteiger partial charge in [0.15, 0.2) is 0 Å². The van der Waals surface area contributed by atoms with Crippen molar-refractivity contribution in [2.75, 3.05) is 13.1 Å². The van der Waals surface area contributed by atoms with Crippen molar-refractivity contribution >= 4 is 0 Å². The molecule has 3 nitrogen and oxygen atoms in total. The number of pyridine rings is 1. The van der Waals surface area contributed by atoms with E-state index in [9.17, 15) is 0 Å². The first-order chi connectivity index (χ1) is 12.4. The first-order valence-electron chi connectivity index (χ1n) is 9.86. The second kappa shape index (κ2) is 8.11. The smallest absolute Gasteiger partial charge is 0.0605 e. The Bertz CT molecular complexity index is 674. The molecule has 1 unspecified atom stereocenters.